The number of aliphatic hydroxyl groups excluding tert-OH is 1. The van der Waals surface area contributed by atoms with Gasteiger partial charge in [-0.3, -0.25) is 0 Å². The lowest BCUT2D eigenvalue weighted by atomic mass is 10.5. The van der Waals surface area contributed by atoms with Crippen molar-refractivity contribution in [2.75, 3.05) is 6.16 Å². The van der Waals surface area contributed by atoms with Crippen molar-refractivity contribution in [3.63, 3.8) is 0 Å². The van der Waals surface area contributed by atoms with Crippen molar-refractivity contribution >= 4 is 8.81 Å². The second-order valence-corrected chi connectivity index (χ2v) is 2.29. The molecule has 0 aliphatic carbocycles. The summed E-state index contributed by atoms with van der Waals surface area (Å²) in [5.74, 6) is 0. The molecule has 0 aromatic carbocycles. The Kier molecular flexibility index (Phi) is 6.51. The van der Waals surface area contributed by atoms with Crippen LogP contribution in [-0.4, -0.2) is 22.6 Å². The number of rotatable bonds is 5. The average Bonchev–Trinajstić information content (AvgIpc) is 1.80. The van der Waals surface area contributed by atoms with E-state index in [2.05, 4.69) is 14.8 Å². The van der Waals surface area contributed by atoms with E-state index in [1.54, 1.807) is 6.92 Å². The topological polar surface area (TPSA) is 68.2 Å². The molecule has 0 fully saturated rings. The molecule has 0 rings (SSSR count). The molecule has 0 radical (unpaired) electrons. The summed E-state index contributed by atoms with van der Waals surface area (Å²) in [6, 6.07) is 0. The third-order valence-corrected chi connectivity index (χ3v) is 1.45. The van der Waals surface area contributed by atoms with E-state index in [0.717, 1.165) is 0 Å². The summed E-state index contributed by atoms with van der Waals surface area (Å²) in [6.07, 6.45) is 0.0363. The molecule has 0 bridgehead atoms. The van der Waals surface area contributed by atoms with Gasteiger partial charge in [-0.1, -0.05) is 0 Å². The van der Waals surface area contributed by atoms with E-state index in [4.69, 9.17) is 10.4 Å². The molecule has 9 heavy (non-hydrogen) atoms. The largest absolute Gasteiger partial charge is 0.393 e. The molecule has 0 aromatic rings. The van der Waals surface area contributed by atoms with Gasteiger partial charge in [0.15, 0.2) is 0 Å². The predicted molar refractivity (Wildman–Crippen MR) is 30.7 cm³/mol. The normalized spacial score (nSPS) is 15.0. The van der Waals surface area contributed by atoms with Crippen LogP contribution in [0.25, 0.3) is 0 Å². The van der Waals surface area contributed by atoms with E-state index in [0.29, 0.717) is 6.16 Å². The number of hydrogen-bond donors (Lipinski definition) is 2. The van der Waals surface area contributed by atoms with Crippen molar-refractivity contribution in [3.05, 3.63) is 0 Å². The van der Waals surface area contributed by atoms with Crippen LogP contribution >= 0.6 is 8.81 Å². The Morgan fingerprint density at radius 2 is 2.33 bits per heavy atom. The molecule has 5 nitrogen and oxygen atoms in total. The maximum atomic E-state index is 8.62. The zero-order valence-electron chi connectivity index (χ0n) is 4.90. The van der Waals surface area contributed by atoms with Crippen LogP contribution in [0.2, 0.25) is 0 Å². The third-order valence-electron chi connectivity index (χ3n) is 0.502. The standard InChI is InChI=1S/C3H9O5P/c1-3(4)2-9-8-7-6-5/h3-5,9H,2H2,1H3. The molecule has 0 saturated carbocycles. The first-order valence-corrected chi connectivity index (χ1v) is 3.43. The van der Waals surface area contributed by atoms with Crippen molar-refractivity contribution in [1.82, 2.24) is 0 Å². The second-order valence-electron chi connectivity index (χ2n) is 1.42. The SMILES string of the molecule is CC(O)CPOOOO. The van der Waals surface area contributed by atoms with Gasteiger partial charge < -0.3 is 5.11 Å². The molecule has 2 N–H and O–H groups in total. The summed E-state index contributed by atoms with van der Waals surface area (Å²) in [4.78, 5) is 0. The van der Waals surface area contributed by atoms with Crippen LogP contribution in [0.3, 0.4) is 0 Å². The summed E-state index contributed by atoms with van der Waals surface area (Å²) in [5.41, 5.74) is 0. The fraction of sp³-hybridized carbons (Fsp3) is 1.00. The summed E-state index contributed by atoms with van der Waals surface area (Å²) >= 11 is 0. The fourth-order valence-corrected chi connectivity index (χ4v) is 0.582. The summed E-state index contributed by atoms with van der Waals surface area (Å²) < 4.78 is 4.19. The molecule has 0 saturated heterocycles. The van der Waals surface area contributed by atoms with Gasteiger partial charge in [0.1, 0.15) is 0 Å². The molecule has 0 spiro atoms. The van der Waals surface area contributed by atoms with E-state index in [9.17, 15) is 0 Å². The first kappa shape index (κ1) is 9.23. The first-order chi connectivity index (χ1) is 4.27. The van der Waals surface area contributed by atoms with Gasteiger partial charge in [0.05, 0.1) is 14.9 Å². The Morgan fingerprint density at radius 3 is 2.78 bits per heavy atom. The van der Waals surface area contributed by atoms with Crippen LogP contribution in [0.4, 0.5) is 0 Å². The second kappa shape index (κ2) is 6.35. The van der Waals surface area contributed by atoms with Gasteiger partial charge in [0, 0.05) is 6.16 Å². The Morgan fingerprint density at radius 1 is 1.67 bits per heavy atom. The minimum absolute atomic E-state index is 0.0378. The van der Waals surface area contributed by atoms with E-state index < -0.39 is 6.10 Å². The molecule has 0 aliphatic rings. The Bertz CT molecular complexity index is 58.2. The van der Waals surface area contributed by atoms with Crippen molar-refractivity contribution in [1.29, 1.82) is 0 Å². The van der Waals surface area contributed by atoms with Crippen LogP contribution in [0, 0.1) is 0 Å². The maximum absolute atomic E-state index is 8.62. The lowest BCUT2D eigenvalue weighted by molar-refractivity contribution is -0.593. The van der Waals surface area contributed by atoms with Crippen molar-refractivity contribution < 1.29 is 25.1 Å². The Labute approximate surface area is 54.2 Å². The zero-order chi connectivity index (χ0) is 7.11. The van der Waals surface area contributed by atoms with Gasteiger partial charge in [0.25, 0.3) is 0 Å². The summed E-state index contributed by atoms with van der Waals surface area (Å²) in [5, 5.41) is 22.9. The molecule has 0 heterocycles. The fourth-order valence-electron chi connectivity index (χ4n) is 0.194. The average molecular weight is 156 g/mol. The molecule has 6 heteroatoms. The smallest absolute Gasteiger partial charge is 0.0627 e. The van der Waals surface area contributed by atoms with E-state index in [1.165, 1.54) is 0 Å². The molecule has 0 amide bonds. The van der Waals surface area contributed by atoms with E-state index >= 15 is 0 Å². The highest BCUT2D eigenvalue weighted by Gasteiger charge is 1.95. The molecule has 2 atom stereocenters. The quantitative estimate of drug-likeness (QED) is 0.259. The zero-order valence-corrected chi connectivity index (χ0v) is 5.90. The van der Waals surface area contributed by atoms with Crippen molar-refractivity contribution in [2.45, 2.75) is 13.0 Å². The number of hydrogen-bond acceptors (Lipinski definition) is 5. The van der Waals surface area contributed by atoms with Crippen LogP contribution in [-0.2, 0) is 14.8 Å². The van der Waals surface area contributed by atoms with E-state index in [-0.39, 0.29) is 8.81 Å². The first-order valence-electron chi connectivity index (χ1n) is 2.32. The maximum Gasteiger partial charge on any atom is 0.0627 e. The van der Waals surface area contributed by atoms with E-state index in [1.807, 2.05) is 0 Å². The predicted octanol–water partition coefficient (Wildman–Crippen LogP) is 0.313. The Hall–Kier alpha value is 0.230. The Balaban J connectivity index is 2.75. The molecular formula is C3H9O5P. The highest BCUT2D eigenvalue weighted by atomic mass is 31.1. The van der Waals surface area contributed by atoms with Crippen LogP contribution in [0.5, 0.6) is 0 Å². The third kappa shape index (κ3) is 8.23. The minimum Gasteiger partial charge on any atom is -0.393 e. The minimum atomic E-state index is -0.425. The van der Waals surface area contributed by atoms with Crippen molar-refractivity contribution in [3.8, 4) is 0 Å². The van der Waals surface area contributed by atoms with Gasteiger partial charge in [-0.2, -0.15) is 4.67 Å². The van der Waals surface area contributed by atoms with Gasteiger partial charge in [-0.25, -0.2) is 5.26 Å². The highest BCUT2D eigenvalue weighted by molar-refractivity contribution is 7.32. The van der Waals surface area contributed by atoms with Gasteiger partial charge in [0.2, 0.25) is 0 Å². The molecular weight excluding hydrogens is 147 g/mol. The summed E-state index contributed by atoms with van der Waals surface area (Å²) in [7, 11) is -0.0378. The van der Waals surface area contributed by atoms with Crippen LogP contribution < -0.4 is 0 Å². The monoisotopic (exact) mass is 156 g/mol. The highest BCUT2D eigenvalue weighted by Crippen LogP contribution is 2.12. The molecule has 0 aromatic heterocycles. The lowest BCUT2D eigenvalue weighted by Gasteiger charge is -2.00. The lowest BCUT2D eigenvalue weighted by Crippen LogP contribution is -2.01. The molecule has 2 unspecified atom stereocenters. The van der Waals surface area contributed by atoms with Gasteiger partial charge in [-0.05, 0) is 17.0 Å². The molecule has 0 aliphatic heterocycles. The van der Waals surface area contributed by atoms with Crippen LogP contribution in [0.1, 0.15) is 6.92 Å². The van der Waals surface area contributed by atoms with Crippen molar-refractivity contribution in [2.24, 2.45) is 0 Å². The summed E-state index contributed by atoms with van der Waals surface area (Å²) in [6.45, 7) is 1.62. The van der Waals surface area contributed by atoms with Gasteiger partial charge >= 0.3 is 0 Å². The number of aliphatic hydroxyl groups is 1. The van der Waals surface area contributed by atoms with Gasteiger partial charge in [-0.15, -0.1) is 0 Å². The molecule has 56 valence electrons. The van der Waals surface area contributed by atoms with Crippen LogP contribution in [0.15, 0.2) is 0 Å².